The first-order valence-electron chi connectivity index (χ1n) is 5.18. The fourth-order valence-electron chi connectivity index (χ4n) is 1.61. The fourth-order valence-corrected chi connectivity index (χ4v) is 2.54. The fraction of sp³-hybridized carbons (Fsp3) is 0.400. The van der Waals surface area contributed by atoms with Crippen molar-refractivity contribution >= 4 is 11.8 Å². The molecule has 0 fully saturated rings. The highest BCUT2D eigenvalue weighted by Gasteiger charge is 2.27. The quantitative estimate of drug-likeness (QED) is 0.820. The van der Waals surface area contributed by atoms with E-state index in [9.17, 15) is 0 Å². The second-order valence-corrected chi connectivity index (χ2v) is 5.20. The molecule has 0 radical (unpaired) electrons. The zero-order valence-electron chi connectivity index (χ0n) is 9.04. The van der Waals surface area contributed by atoms with Crippen molar-refractivity contribution in [2.45, 2.75) is 30.3 Å². The summed E-state index contributed by atoms with van der Waals surface area (Å²) in [7, 11) is 0. The number of nitrogens with one attached hydrogen (secondary N) is 1. The van der Waals surface area contributed by atoms with Crippen LogP contribution in [0.5, 0.6) is 0 Å². The van der Waals surface area contributed by atoms with E-state index in [1.54, 1.807) is 18.0 Å². The summed E-state index contributed by atoms with van der Waals surface area (Å²) < 4.78 is 7.23. The molecule has 1 N–H and O–H groups in total. The Morgan fingerprint density at radius 1 is 1.44 bits per heavy atom. The molecule has 0 aromatic carbocycles. The lowest BCUT2D eigenvalue weighted by molar-refractivity contribution is 0.563. The summed E-state index contributed by atoms with van der Waals surface area (Å²) in [6.45, 7) is 4.32. The van der Waals surface area contributed by atoms with Crippen molar-refractivity contribution in [2.75, 3.05) is 5.43 Å². The van der Waals surface area contributed by atoms with Crippen molar-refractivity contribution in [2.24, 2.45) is 0 Å². The first-order chi connectivity index (χ1) is 7.75. The van der Waals surface area contributed by atoms with Gasteiger partial charge in [-0.1, -0.05) is 18.7 Å². The lowest BCUT2D eigenvalue weighted by Crippen LogP contribution is -2.37. The lowest BCUT2D eigenvalue weighted by atomic mass is 10.3. The predicted molar refractivity (Wildman–Crippen MR) is 61.9 cm³/mol. The van der Waals surface area contributed by atoms with Gasteiger partial charge in [0.2, 0.25) is 11.0 Å². The molecular weight excluding hydrogens is 224 g/mol. The van der Waals surface area contributed by atoms with Gasteiger partial charge in [0.1, 0.15) is 0 Å². The largest absolute Gasteiger partial charge is 0.461 e. The molecule has 2 aromatic rings. The highest BCUT2D eigenvalue weighted by Crippen LogP contribution is 2.31. The van der Waals surface area contributed by atoms with Crippen LogP contribution in [-0.4, -0.2) is 26.2 Å². The normalized spacial score (nSPS) is 23.9. The summed E-state index contributed by atoms with van der Waals surface area (Å²) in [5.74, 6) is 1.46. The number of rotatable bonds is 1. The third-order valence-corrected chi connectivity index (χ3v) is 3.96. The Balaban J connectivity index is 2.05. The Kier molecular flexibility index (Phi) is 2.17. The number of hydrogen-bond donors (Lipinski definition) is 1. The van der Waals surface area contributed by atoms with E-state index in [0.29, 0.717) is 11.3 Å². The van der Waals surface area contributed by atoms with Gasteiger partial charge in [-0.25, -0.2) is 4.68 Å². The van der Waals surface area contributed by atoms with Crippen molar-refractivity contribution < 1.29 is 4.42 Å². The summed E-state index contributed by atoms with van der Waals surface area (Å²) in [6.07, 6.45) is 1.64. The molecule has 1 aliphatic heterocycles. The van der Waals surface area contributed by atoms with Crippen molar-refractivity contribution in [1.82, 2.24) is 14.9 Å². The van der Waals surface area contributed by atoms with Crippen molar-refractivity contribution in [1.29, 1.82) is 0 Å². The molecule has 3 heterocycles. The topological polar surface area (TPSA) is 55.9 Å². The van der Waals surface area contributed by atoms with Gasteiger partial charge in [0, 0.05) is 5.25 Å². The molecule has 0 bridgehead atoms. The maximum Gasteiger partial charge on any atom is 0.219 e. The number of fused-ring (bicyclic) bond motifs is 1. The Morgan fingerprint density at radius 3 is 3.06 bits per heavy atom. The highest BCUT2D eigenvalue weighted by molar-refractivity contribution is 7.99. The van der Waals surface area contributed by atoms with E-state index in [2.05, 4.69) is 29.5 Å². The van der Waals surface area contributed by atoms with E-state index in [-0.39, 0.29) is 0 Å². The number of furan rings is 1. The second kappa shape index (κ2) is 3.55. The number of nitrogens with zero attached hydrogens (tertiary/aromatic N) is 3. The van der Waals surface area contributed by atoms with Crippen molar-refractivity contribution in [3.63, 3.8) is 0 Å². The molecule has 3 rings (SSSR count). The van der Waals surface area contributed by atoms with E-state index in [1.165, 1.54) is 0 Å². The molecule has 84 valence electrons. The number of aromatic nitrogens is 3. The third-order valence-electron chi connectivity index (χ3n) is 2.70. The zero-order chi connectivity index (χ0) is 11.1. The first-order valence-corrected chi connectivity index (χ1v) is 6.06. The van der Waals surface area contributed by atoms with Gasteiger partial charge in [0.15, 0.2) is 5.76 Å². The summed E-state index contributed by atoms with van der Waals surface area (Å²) >= 11 is 1.72. The maximum atomic E-state index is 5.33. The number of thioether (sulfide) groups is 1. The summed E-state index contributed by atoms with van der Waals surface area (Å²) in [6, 6.07) is 4.10. The second-order valence-electron chi connectivity index (χ2n) is 3.86. The molecule has 1 aliphatic rings. The van der Waals surface area contributed by atoms with E-state index in [1.807, 2.05) is 16.8 Å². The molecule has 5 nitrogen and oxygen atoms in total. The van der Waals surface area contributed by atoms with Gasteiger partial charge in [0.25, 0.3) is 0 Å². The van der Waals surface area contributed by atoms with Crippen LogP contribution in [0.1, 0.15) is 13.8 Å². The van der Waals surface area contributed by atoms with Gasteiger partial charge in [-0.15, -0.1) is 10.2 Å². The average molecular weight is 236 g/mol. The molecule has 2 unspecified atom stereocenters. The van der Waals surface area contributed by atoms with Crippen LogP contribution in [0.3, 0.4) is 0 Å². The van der Waals surface area contributed by atoms with Gasteiger partial charge in [-0.2, -0.15) is 0 Å². The van der Waals surface area contributed by atoms with Crippen LogP contribution in [0.4, 0.5) is 0 Å². The smallest absolute Gasteiger partial charge is 0.219 e. The van der Waals surface area contributed by atoms with Crippen LogP contribution in [-0.2, 0) is 0 Å². The molecule has 6 heteroatoms. The van der Waals surface area contributed by atoms with Gasteiger partial charge in [-0.3, -0.25) is 0 Å². The SMILES string of the molecule is CC1Nn2c(nnc2-c2ccco2)SC1C. The summed E-state index contributed by atoms with van der Waals surface area (Å²) in [5, 5.41) is 9.67. The van der Waals surface area contributed by atoms with Crippen molar-refractivity contribution in [3.05, 3.63) is 18.4 Å². The van der Waals surface area contributed by atoms with Crippen LogP contribution in [0.25, 0.3) is 11.6 Å². The average Bonchev–Trinajstić information content (AvgIpc) is 2.87. The van der Waals surface area contributed by atoms with Crippen LogP contribution in [0.2, 0.25) is 0 Å². The van der Waals surface area contributed by atoms with E-state index in [4.69, 9.17) is 4.42 Å². The summed E-state index contributed by atoms with van der Waals surface area (Å²) in [4.78, 5) is 0. The number of hydrogen-bond acceptors (Lipinski definition) is 5. The van der Waals surface area contributed by atoms with Gasteiger partial charge in [-0.05, 0) is 19.1 Å². The minimum atomic E-state index is 0.377. The molecule has 0 aliphatic carbocycles. The monoisotopic (exact) mass is 236 g/mol. The third kappa shape index (κ3) is 1.41. The minimum Gasteiger partial charge on any atom is -0.461 e. The Bertz CT molecular complexity index is 493. The van der Waals surface area contributed by atoms with E-state index >= 15 is 0 Å². The molecule has 0 spiro atoms. The van der Waals surface area contributed by atoms with Crippen LogP contribution >= 0.6 is 11.8 Å². The van der Waals surface area contributed by atoms with Crippen molar-refractivity contribution in [3.8, 4) is 11.6 Å². The minimum absolute atomic E-state index is 0.377. The standard InChI is InChI=1S/C10H12N4OS/c1-6-7(2)16-10-12-11-9(14(10)13-6)8-4-3-5-15-8/h3-7,13H,1-2H3. The highest BCUT2D eigenvalue weighted by atomic mass is 32.2. The van der Waals surface area contributed by atoms with E-state index in [0.717, 1.165) is 16.7 Å². The van der Waals surface area contributed by atoms with Crippen LogP contribution < -0.4 is 5.43 Å². The Hall–Kier alpha value is -1.43. The molecule has 0 saturated heterocycles. The molecule has 16 heavy (non-hydrogen) atoms. The molecular formula is C10H12N4OS. The summed E-state index contributed by atoms with van der Waals surface area (Å²) in [5.41, 5.74) is 3.36. The van der Waals surface area contributed by atoms with Gasteiger partial charge in [0.05, 0.1) is 12.3 Å². The van der Waals surface area contributed by atoms with Crippen LogP contribution in [0.15, 0.2) is 28.0 Å². The lowest BCUT2D eigenvalue weighted by Gasteiger charge is -2.28. The first kappa shape index (κ1) is 9.77. The Morgan fingerprint density at radius 2 is 2.31 bits per heavy atom. The maximum absolute atomic E-state index is 5.33. The van der Waals surface area contributed by atoms with Gasteiger partial charge >= 0.3 is 0 Å². The van der Waals surface area contributed by atoms with E-state index < -0.39 is 0 Å². The molecule has 0 amide bonds. The molecule has 0 saturated carbocycles. The predicted octanol–water partition coefficient (Wildman–Crippen LogP) is 1.96. The van der Waals surface area contributed by atoms with Gasteiger partial charge < -0.3 is 9.84 Å². The van der Waals surface area contributed by atoms with Crippen LogP contribution in [0, 0.1) is 0 Å². The molecule has 2 atom stereocenters. The molecule has 2 aromatic heterocycles. The zero-order valence-corrected chi connectivity index (χ0v) is 9.86. The Labute approximate surface area is 97.2 Å².